The summed E-state index contributed by atoms with van der Waals surface area (Å²) in [4.78, 5) is 27.2. The lowest BCUT2D eigenvalue weighted by atomic mass is 10.1. The molecule has 30 heavy (non-hydrogen) atoms. The lowest BCUT2D eigenvalue weighted by molar-refractivity contribution is -0.140. The van der Waals surface area contributed by atoms with Crippen molar-refractivity contribution < 1.29 is 14.3 Å². The molecule has 0 radical (unpaired) electrons. The van der Waals surface area contributed by atoms with E-state index >= 15 is 0 Å². The number of rotatable bonds is 12. The maximum Gasteiger partial charge on any atom is 0.242 e. The molecule has 0 unspecified atom stereocenters. The van der Waals surface area contributed by atoms with Crippen LogP contribution in [0.1, 0.15) is 37.8 Å². The first-order valence-electron chi connectivity index (χ1n) is 10.4. The number of hydrogen-bond donors (Lipinski definition) is 1. The average Bonchev–Trinajstić information content (AvgIpc) is 2.79. The zero-order chi connectivity index (χ0) is 21.8. The fraction of sp³-hybridized carbons (Fsp3) is 0.417. The van der Waals surface area contributed by atoms with Crippen LogP contribution in [0.25, 0.3) is 0 Å². The topological polar surface area (TPSA) is 58.6 Å². The van der Waals surface area contributed by atoms with E-state index in [-0.39, 0.29) is 11.8 Å². The van der Waals surface area contributed by atoms with E-state index in [1.807, 2.05) is 49.4 Å². The number of benzene rings is 2. The predicted molar refractivity (Wildman–Crippen MR) is 124 cm³/mol. The number of hydrogen-bond acceptors (Lipinski definition) is 4. The fourth-order valence-corrected chi connectivity index (χ4v) is 3.86. The van der Waals surface area contributed by atoms with Crippen LogP contribution >= 0.6 is 11.8 Å². The quantitative estimate of drug-likeness (QED) is 0.513. The molecule has 0 fully saturated rings. The van der Waals surface area contributed by atoms with Crippen LogP contribution in [0.3, 0.4) is 0 Å². The Morgan fingerprint density at radius 2 is 1.77 bits per heavy atom. The van der Waals surface area contributed by atoms with Gasteiger partial charge < -0.3 is 15.0 Å². The summed E-state index contributed by atoms with van der Waals surface area (Å²) in [6.07, 6.45) is 1.26. The summed E-state index contributed by atoms with van der Waals surface area (Å²) in [6.45, 7) is 4.81. The molecular weight excluding hydrogens is 396 g/mol. The van der Waals surface area contributed by atoms with Crippen LogP contribution in [0.15, 0.2) is 54.6 Å². The van der Waals surface area contributed by atoms with Crippen LogP contribution in [0, 0.1) is 0 Å². The third-order valence-electron chi connectivity index (χ3n) is 4.80. The lowest BCUT2D eigenvalue weighted by Crippen LogP contribution is -2.47. The van der Waals surface area contributed by atoms with Gasteiger partial charge in [0.05, 0.1) is 7.11 Å². The average molecular weight is 429 g/mol. The SMILES string of the molecule is CCCNC(=O)[C@H](C)N(Cc1ccc(OC)cc1)C(=O)CCSCc1ccccc1. The Balaban J connectivity index is 1.98. The number of amides is 2. The standard InChI is InChI=1S/C24H32N2O3S/c1-4-15-25-24(28)19(2)26(17-20-10-12-22(29-3)13-11-20)23(27)14-16-30-18-21-8-6-5-7-9-21/h5-13,19H,4,14-18H2,1-3H3,(H,25,28)/t19-/m0/s1. The van der Waals surface area contributed by atoms with Crippen molar-refractivity contribution in [2.45, 2.75) is 45.0 Å². The summed E-state index contributed by atoms with van der Waals surface area (Å²) < 4.78 is 5.21. The lowest BCUT2D eigenvalue weighted by Gasteiger charge is -2.29. The highest BCUT2D eigenvalue weighted by molar-refractivity contribution is 7.98. The minimum atomic E-state index is -0.523. The first-order valence-corrected chi connectivity index (χ1v) is 11.5. The van der Waals surface area contributed by atoms with Gasteiger partial charge >= 0.3 is 0 Å². The Labute approximate surface area is 184 Å². The first kappa shape index (κ1) is 23.8. The third kappa shape index (κ3) is 7.75. The first-order chi connectivity index (χ1) is 14.5. The van der Waals surface area contributed by atoms with Crippen LogP contribution in [-0.2, 0) is 21.9 Å². The van der Waals surface area contributed by atoms with E-state index < -0.39 is 6.04 Å². The summed E-state index contributed by atoms with van der Waals surface area (Å²) >= 11 is 1.73. The van der Waals surface area contributed by atoms with Gasteiger partial charge in [0.25, 0.3) is 0 Å². The molecule has 162 valence electrons. The highest BCUT2D eigenvalue weighted by Gasteiger charge is 2.25. The van der Waals surface area contributed by atoms with Crippen LogP contribution < -0.4 is 10.1 Å². The van der Waals surface area contributed by atoms with Gasteiger partial charge in [-0.05, 0) is 36.6 Å². The van der Waals surface area contributed by atoms with E-state index in [4.69, 9.17) is 4.74 Å². The van der Waals surface area contributed by atoms with Gasteiger partial charge in [0.2, 0.25) is 11.8 Å². The number of nitrogens with one attached hydrogen (secondary N) is 1. The van der Waals surface area contributed by atoms with Gasteiger partial charge in [-0.15, -0.1) is 0 Å². The van der Waals surface area contributed by atoms with Gasteiger partial charge in [-0.2, -0.15) is 11.8 Å². The minimum Gasteiger partial charge on any atom is -0.497 e. The Morgan fingerprint density at radius 1 is 1.07 bits per heavy atom. The van der Waals surface area contributed by atoms with E-state index in [0.29, 0.717) is 19.5 Å². The van der Waals surface area contributed by atoms with Gasteiger partial charge in [-0.3, -0.25) is 9.59 Å². The molecule has 0 aliphatic carbocycles. The van der Waals surface area contributed by atoms with Crippen molar-refractivity contribution in [2.75, 3.05) is 19.4 Å². The zero-order valence-electron chi connectivity index (χ0n) is 18.1. The Hall–Kier alpha value is -2.47. The second kappa shape index (κ2) is 13.0. The number of nitrogens with zero attached hydrogens (tertiary/aromatic N) is 1. The molecule has 2 amide bonds. The van der Waals surface area contributed by atoms with Crippen molar-refractivity contribution in [3.8, 4) is 5.75 Å². The maximum atomic E-state index is 13.0. The summed E-state index contributed by atoms with van der Waals surface area (Å²) in [5, 5.41) is 2.90. The van der Waals surface area contributed by atoms with E-state index in [9.17, 15) is 9.59 Å². The molecular formula is C24H32N2O3S. The van der Waals surface area contributed by atoms with Gasteiger partial charge in [0.15, 0.2) is 0 Å². The van der Waals surface area contributed by atoms with Crippen molar-refractivity contribution in [2.24, 2.45) is 0 Å². The normalized spacial score (nSPS) is 11.6. The van der Waals surface area contributed by atoms with Gasteiger partial charge in [-0.25, -0.2) is 0 Å². The van der Waals surface area contributed by atoms with E-state index in [1.54, 1.807) is 30.7 Å². The second-order valence-corrected chi connectivity index (χ2v) is 8.23. The van der Waals surface area contributed by atoms with Gasteiger partial charge in [-0.1, -0.05) is 49.4 Å². The molecule has 2 aromatic carbocycles. The van der Waals surface area contributed by atoms with Crippen LogP contribution in [0.5, 0.6) is 5.75 Å². The Bertz CT molecular complexity index is 781. The molecule has 0 bridgehead atoms. The summed E-state index contributed by atoms with van der Waals surface area (Å²) in [5.74, 6) is 2.23. The zero-order valence-corrected chi connectivity index (χ0v) is 18.9. The molecule has 6 heteroatoms. The molecule has 2 aromatic rings. The maximum absolute atomic E-state index is 13.0. The summed E-state index contributed by atoms with van der Waals surface area (Å²) in [5.41, 5.74) is 2.22. The monoisotopic (exact) mass is 428 g/mol. The molecule has 1 atom stereocenters. The van der Waals surface area contributed by atoms with Crippen molar-refractivity contribution in [1.82, 2.24) is 10.2 Å². The van der Waals surface area contributed by atoms with Crippen molar-refractivity contribution in [1.29, 1.82) is 0 Å². The number of carbonyl (C=O) groups is 2. The molecule has 0 saturated carbocycles. The van der Waals surface area contributed by atoms with E-state index in [1.165, 1.54) is 5.56 Å². The largest absolute Gasteiger partial charge is 0.497 e. The molecule has 0 aliphatic rings. The highest BCUT2D eigenvalue weighted by Crippen LogP contribution is 2.17. The molecule has 1 N–H and O–H groups in total. The third-order valence-corrected chi connectivity index (χ3v) is 5.83. The van der Waals surface area contributed by atoms with Crippen LogP contribution in [0.2, 0.25) is 0 Å². The second-order valence-electron chi connectivity index (χ2n) is 7.12. The molecule has 2 rings (SSSR count). The van der Waals surface area contributed by atoms with Crippen molar-refractivity contribution in [3.05, 3.63) is 65.7 Å². The van der Waals surface area contributed by atoms with Gasteiger partial charge in [0.1, 0.15) is 11.8 Å². The molecule has 0 aromatic heterocycles. The van der Waals surface area contributed by atoms with E-state index in [2.05, 4.69) is 17.4 Å². The smallest absolute Gasteiger partial charge is 0.242 e. The molecule has 0 heterocycles. The number of ether oxygens (including phenoxy) is 1. The van der Waals surface area contributed by atoms with Crippen LogP contribution in [-0.4, -0.2) is 42.2 Å². The van der Waals surface area contributed by atoms with Gasteiger partial charge in [0, 0.05) is 31.0 Å². The summed E-state index contributed by atoms with van der Waals surface area (Å²) in [7, 11) is 1.62. The molecule has 0 saturated heterocycles. The van der Waals surface area contributed by atoms with E-state index in [0.717, 1.165) is 29.2 Å². The Morgan fingerprint density at radius 3 is 2.40 bits per heavy atom. The number of methoxy groups -OCH3 is 1. The van der Waals surface area contributed by atoms with Crippen molar-refractivity contribution in [3.63, 3.8) is 0 Å². The van der Waals surface area contributed by atoms with Crippen molar-refractivity contribution >= 4 is 23.6 Å². The molecule has 0 aliphatic heterocycles. The highest BCUT2D eigenvalue weighted by atomic mass is 32.2. The molecule has 5 nitrogen and oxygen atoms in total. The predicted octanol–water partition coefficient (Wildman–Crippen LogP) is 4.26. The summed E-state index contributed by atoms with van der Waals surface area (Å²) in [6, 6.07) is 17.3. The minimum absolute atomic E-state index is 0.00877. The number of thioether (sulfide) groups is 1. The molecule has 0 spiro atoms. The Kier molecular flexibility index (Phi) is 10.3. The number of carbonyl (C=O) groups excluding carboxylic acids is 2. The fourth-order valence-electron chi connectivity index (χ4n) is 2.97. The van der Waals surface area contributed by atoms with Crippen LogP contribution in [0.4, 0.5) is 0 Å².